The molecule has 0 aliphatic heterocycles. The number of benzene rings is 1. The van der Waals surface area contributed by atoms with Gasteiger partial charge in [-0.2, -0.15) is 0 Å². The number of amides is 1. The van der Waals surface area contributed by atoms with Gasteiger partial charge in [0.2, 0.25) is 0 Å². The van der Waals surface area contributed by atoms with Crippen molar-refractivity contribution < 1.29 is 9.53 Å². The van der Waals surface area contributed by atoms with E-state index in [4.69, 9.17) is 4.74 Å². The van der Waals surface area contributed by atoms with Gasteiger partial charge in [0.1, 0.15) is 5.75 Å². The fourth-order valence-corrected chi connectivity index (χ4v) is 2.49. The molecule has 0 atom stereocenters. The second-order valence-electron chi connectivity index (χ2n) is 4.81. The van der Waals surface area contributed by atoms with E-state index in [1.54, 1.807) is 18.3 Å². The maximum absolute atomic E-state index is 12.0. The number of nitrogens with zero attached hydrogens (tertiary/aromatic N) is 1. The van der Waals surface area contributed by atoms with Crippen molar-refractivity contribution in [2.75, 3.05) is 11.9 Å². The second kappa shape index (κ2) is 7.78. The molecule has 5 heteroatoms. The number of carbonyl (C=O) groups excluding carboxylic acids is 1. The van der Waals surface area contributed by atoms with Crippen molar-refractivity contribution in [1.29, 1.82) is 0 Å². The van der Waals surface area contributed by atoms with Gasteiger partial charge in [0.05, 0.1) is 6.61 Å². The predicted molar refractivity (Wildman–Crippen MR) is 86.3 cm³/mol. The van der Waals surface area contributed by atoms with Gasteiger partial charge < -0.3 is 4.74 Å². The van der Waals surface area contributed by atoms with Crippen LogP contribution in [0, 0.1) is 6.92 Å². The molecule has 4 nitrogen and oxygen atoms in total. The maximum atomic E-state index is 12.0. The molecule has 1 heterocycles. The summed E-state index contributed by atoms with van der Waals surface area (Å²) in [5, 5.41) is 3.41. The van der Waals surface area contributed by atoms with Gasteiger partial charge in [0.25, 0.3) is 5.91 Å². The molecule has 0 fully saturated rings. The van der Waals surface area contributed by atoms with Crippen LogP contribution in [0.5, 0.6) is 5.75 Å². The van der Waals surface area contributed by atoms with Crippen molar-refractivity contribution >= 4 is 22.4 Å². The molecule has 0 saturated carbocycles. The number of aromatic nitrogens is 1. The molecule has 0 spiro atoms. The molecular formula is C16H20N2O2S. The van der Waals surface area contributed by atoms with Gasteiger partial charge in [-0.15, -0.1) is 11.3 Å². The normalized spacial score (nSPS) is 10.4. The molecule has 2 rings (SSSR count). The van der Waals surface area contributed by atoms with Crippen molar-refractivity contribution in [2.45, 2.75) is 33.1 Å². The summed E-state index contributed by atoms with van der Waals surface area (Å²) >= 11 is 1.46. The lowest BCUT2D eigenvalue weighted by atomic mass is 10.2. The molecule has 0 unspecified atom stereocenters. The van der Waals surface area contributed by atoms with Gasteiger partial charge >= 0.3 is 0 Å². The second-order valence-corrected chi connectivity index (χ2v) is 6.04. The van der Waals surface area contributed by atoms with Gasteiger partial charge in [-0.3, -0.25) is 10.1 Å². The van der Waals surface area contributed by atoms with Crippen molar-refractivity contribution in [1.82, 2.24) is 4.98 Å². The summed E-state index contributed by atoms with van der Waals surface area (Å²) in [5.41, 5.74) is 0.601. The highest BCUT2D eigenvalue weighted by Gasteiger charge is 2.08. The fraction of sp³-hybridized carbons (Fsp3) is 0.375. The highest BCUT2D eigenvalue weighted by atomic mass is 32.1. The molecule has 2 aromatic rings. The Bertz CT molecular complexity index is 578. The number of unbranched alkanes of at least 4 members (excludes halogenated alkanes) is 2. The van der Waals surface area contributed by atoms with Gasteiger partial charge in [0.15, 0.2) is 5.13 Å². The van der Waals surface area contributed by atoms with E-state index in [0.717, 1.165) is 23.7 Å². The van der Waals surface area contributed by atoms with Crippen LogP contribution in [-0.4, -0.2) is 17.5 Å². The van der Waals surface area contributed by atoms with Crippen LogP contribution in [0.2, 0.25) is 0 Å². The van der Waals surface area contributed by atoms with Crippen molar-refractivity contribution in [3.05, 3.63) is 40.9 Å². The number of aryl methyl sites for hydroxylation is 1. The first-order valence-corrected chi connectivity index (χ1v) is 7.97. The minimum atomic E-state index is -0.151. The minimum absolute atomic E-state index is 0.151. The molecule has 1 aromatic heterocycles. The van der Waals surface area contributed by atoms with E-state index < -0.39 is 0 Å². The Morgan fingerprint density at radius 1 is 1.29 bits per heavy atom. The highest BCUT2D eigenvalue weighted by Crippen LogP contribution is 2.18. The largest absolute Gasteiger partial charge is 0.494 e. The van der Waals surface area contributed by atoms with E-state index in [2.05, 4.69) is 17.2 Å². The third-order valence-corrected chi connectivity index (χ3v) is 3.80. The van der Waals surface area contributed by atoms with Crippen molar-refractivity contribution in [3.63, 3.8) is 0 Å². The Kier molecular flexibility index (Phi) is 5.75. The van der Waals surface area contributed by atoms with E-state index in [-0.39, 0.29) is 5.91 Å². The van der Waals surface area contributed by atoms with Crippen molar-refractivity contribution in [2.24, 2.45) is 0 Å². The van der Waals surface area contributed by atoms with Crippen molar-refractivity contribution in [3.8, 4) is 5.75 Å². The lowest BCUT2D eigenvalue weighted by molar-refractivity contribution is 0.102. The SMILES string of the molecule is CCCCCOc1ccc(C(=O)Nc2ncc(C)s2)cc1. The molecule has 0 radical (unpaired) electrons. The molecule has 0 aliphatic rings. The molecule has 1 aromatic carbocycles. The summed E-state index contributed by atoms with van der Waals surface area (Å²) in [6.07, 6.45) is 5.15. The Hall–Kier alpha value is -1.88. The number of rotatable bonds is 7. The zero-order valence-electron chi connectivity index (χ0n) is 12.4. The standard InChI is InChI=1S/C16H20N2O2S/c1-3-4-5-10-20-14-8-6-13(7-9-14)15(19)18-16-17-11-12(2)21-16/h6-9,11H,3-5,10H2,1-2H3,(H,17,18,19). The van der Waals surface area contributed by atoms with Crippen LogP contribution in [0.25, 0.3) is 0 Å². The molecule has 21 heavy (non-hydrogen) atoms. The molecule has 0 saturated heterocycles. The maximum Gasteiger partial charge on any atom is 0.257 e. The number of thiazole rings is 1. The summed E-state index contributed by atoms with van der Waals surface area (Å²) in [6.45, 7) is 4.84. The summed E-state index contributed by atoms with van der Waals surface area (Å²) in [4.78, 5) is 17.2. The van der Waals surface area contributed by atoms with E-state index in [1.165, 1.54) is 24.2 Å². The number of nitrogens with one attached hydrogen (secondary N) is 1. The molecule has 1 N–H and O–H groups in total. The van der Waals surface area contributed by atoms with E-state index in [1.807, 2.05) is 19.1 Å². The number of anilines is 1. The molecule has 1 amide bonds. The van der Waals surface area contributed by atoms with Crippen LogP contribution in [-0.2, 0) is 0 Å². The Morgan fingerprint density at radius 3 is 2.67 bits per heavy atom. The lowest BCUT2D eigenvalue weighted by Gasteiger charge is -2.06. The average Bonchev–Trinajstić information content (AvgIpc) is 2.89. The summed E-state index contributed by atoms with van der Waals surface area (Å²) in [7, 11) is 0. The summed E-state index contributed by atoms with van der Waals surface area (Å²) in [6, 6.07) is 7.19. The number of carbonyl (C=O) groups is 1. The average molecular weight is 304 g/mol. The van der Waals surface area contributed by atoms with Crippen LogP contribution in [0.4, 0.5) is 5.13 Å². The van der Waals surface area contributed by atoms with Crippen LogP contribution in [0.3, 0.4) is 0 Å². The van der Waals surface area contributed by atoms with Crippen LogP contribution >= 0.6 is 11.3 Å². The molecule has 0 aliphatic carbocycles. The zero-order chi connectivity index (χ0) is 15.1. The third kappa shape index (κ3) is 4.86. The van der Waals surface area contributed by atoms with Crippen LogP contribution in [0.15, 0.2) is 30.5 Å². The Balaban J connectivity index is 1.87. The molecular weight excluding hydrogens is 284 g/mol. The quantitative estimate of drug-likeness (QED) is 0.777. The van der Waals surface area contributed by atoms with Gasteiger partial charge in [-0.05, 0) is 37.6 Å². The number of hydrogen-bond donors (Lipinski definition) is 1. The molecule has 112 valence electrons. The third-order valence-electron chi connectivity index (χ3n) is 2.97. The van der Waals surface area contributed by atoms with E-state index in [0.29, 0.717) is 10.7 Å². The Labute approximate surface area is 129 Å². The zero-order valence-corrected chi connectivity index (χ0v) is 13.2. The fourth-order valence-electron chi connectivity index (χ4n) is 1.83. The van der Waals surface area contributed by atoms with Gasteiger partial charge in [-0.1, -0.05) is 19.8 Å². The molecule has 0 bridgehead atoms. The number of ether oxygens (including phenoxy) is 1. The monoisotopic (exact) mass is 304 g/mol. The minimum Gasteiger partial charge on any atom is -0.494 e. The first-order chi connectivity index (χ1) is 10.2. The first-order valence-electron chi connectivity index (χ1n) is 7.15. The highest BCUT2D eigenvalue weighted by molar-refractivity contribution is 7.15. The van der Waals surface area contributed by atoms with E-state index in [9.17, 15) is 4.79 Å². The van der Waals surface area contributed by atoms with Crippen LogP contribution in [0.1, 0.15) is 41.4 Å². The van der Waals surface area contributed by atoms with E-state index >= 15 is 0 Å². The first kappa shape index (κ1) is 15.5. The smallest absolute Gasteiger partial charge is 0.257 e. The Morgan fingerprint density at radius 2 is 2.05 bits per heavy atom. The summed E-state index contributed by atoms with van der Waals surface area (Å²) < 4.78 is 5.62. The lowest BCUT2D eigenvalue weighted by Crippen LogP contribution is -2.11. The van der Waals surface area contributed by atoms with Gasteiger partial charge in [-0.25, -0.2) is 4.98 Å². The number of hydrogen-bond acceptors (Lipinski definition) is 4. The predicted octanol–water partition coefficient (Wildman–Crippen LogP) is 4.27. The van der Waals surface area contributed by atoms with Gasteiger partial charge in [0, 0.05) is 16.6 Å². The topological polar surface area (TPSA) is 51.2 Å². The van der Waals surface area contributed by atoms with Crippen LogP contribution < -0.4 is 10.1 Å². The summed E-state index contributed by atoms with van der Waals surface area (Å²) in [5.74, 6) is 0.648.